The number of morpholine rings is 1. The Morgan fingerprint density at radius 3 is 2.65 bits per heavy atom. The molecule has 1 aliphatic rings. The first-order valence-electron chi connectivity index (χ1n) is 7.25. The molecule has 0 aliphatic carbocycles. The summed E-state index contributed by atoms with van der Waals surface area (Å²) in [5.41, 5.74) is 0. The van der Waals surface area contributed by atoms with Crippen molar-refractivity contribution in [1.82, 2.24) is 24.6 Å². The normalized spacial score (nSPS) is 18.6. The molecule has 0 bridgehead atoms. The third kappa shape index (κ3) is 3.66. The first kappa shape index (κ1) is 15.6. The Kier molecular flexibility index (Phi) is 5.71. The summed E-state index contributed by atoms with van der Waals surface area (Å²) in [5.74, 6) is 1.04. The van der Waals surface area contributed by atoms with Crippen LogP contribution in [0.25, 0.3) is 0 Å². The van der Waals surface area contributed by atoms with Crippen LogP contribution >= 0.6 is 12.2 Å². The number of H-pyrrole nitrogens is 1. The van der Waals surface area contributed by atoms with Gasteiger partial charge in [-0.3, -0.25) is 14.9 Å². The van der Waals surface area contributed by atoms with Crippen LogP contribution < -0.4 is 0 Å². The number of nitrogens with zero attached hydrogens (tertiary/aromatic N) is 4. The largest absolute Gasteiger partial charge is 0.379 e. The van der Waals surface area contributed by atoms with E-state index in [4.69, 9.17) is 17.0 Å². The van der Waals surface area contributed by atoms with E-state index in [2.05, 4.69) is 45.6 Å². The van der Waals surface area contributed by atoms with E-state index in [1.54, 1.807) is 0 Å². The van der Waals surface area contributed by atoms with E-state index in [1.807, 2.05) is 0 Å². The summed E-state index contributed by atoms with van der Waals surface area (Å²) in [7, 11) is 4.16. The van der Waals surface area contributed by atoms with Gasteiger partial charge < -0.3 is 9.30 Å². The standard InChI is InChI=1S/C13H25N5OS/c1-4-11(16(2)3)12-14-15-13(20)18(12)6-5-17-7-9-19-10-8-17/h11H,4-10H2,1-3H3,(H,15,20)/t11-/m0/s1. The van der Waals surface area contributed by atoms with Gasteiger partial charge in [-0.1, -0.05) is 6.92 Å². The van der Waals surface area contributed by atoms with E-state index in [0.29, 0.717) is 10.8 Å². The molecule has 0 spiro atoms. The lowest BCUT2D eigenvalue weighted by atomic mass is 10.2. The predicted octanol–water partition coefficient (Wildman–Crippen LogP) is 1.29. The zero-order valence-electron chi connectivity index (χ0n) is 12.6. The Morgan fingerprint density at radius 2 is 2.05 bits per heavy atom. The third-order valence-electron chi connectivity index (χ3n) is 3.84. The molecule has 0 aromatic carbocycles. The molecule has 1 saturated heterocycles. The molecule has 1 aromatic rings. The maximum atomic E-state index is 5.38. The van der Waals surface area contributed by atoms with Crippen molar-refractivity contribution in [3.05, 3.63) is 10.6 Å². The van der Waals surface area contributed by atoms with Crippen molar-refractivity contribution in [2.24, 2.45) is 0 Å². The van der Waals surface area contributed by atoms with Crippen LogP contribution in [0.4, 0.5) is 0 Å². The molecule has 1 N–H and O–H groups in total. The van der Waals surface area contributed by atoms with Gasteiger partial charge in [0.1, 0.15) is 5.82 Å². The fourth-order valence-corrected chi connectivity index (χ4v) is 2.88. The van der Waals surface area contributed by atoms with Crippen LogP contribution in [-0.4, -0.2) is 71.5 Å². The Hall–Kier alpha value is -0.760. The highest BCUT2D eigenvalue weighted by atomic mass is 32.1. The summed E-state index contributed by atoms with van der Waals surface area (Å²) < 4.78 is 8.23. The number of aromatic nitrogens is 3. The van der Waals surface area contributed by atoms with Gasteiger partial charge in [0.2, 0.25) is 0 Å². The molecule has 7 heteroatoms. The molecule has 0 amide bonds. The van der Waals surface area contributed by atoms with E-state index in [1.165, 1.54) is 0 Å². The van der Waals surface area contributed by atoms with Gasteiger partial charge in [-0.25, -0.2) is 0 Å². The van der Waals surface area contributed by atoms with Crippen molar-refractivity contribution in [2.75, 3.05) is 46.9 Å². The quantitative estimate of drug-likeness (QED) is 0.802. The minimum Gasteiger partial charge on any atom is -0.379 e. The van der Waals surface area contributed by atoms with Gasteiger partial charge in [0, 0.05) is 26.2 Å². The smallest absolute Gasteiger partial charge is 0.195 e. The number of ether oxygens (including phenoxy) is 1. The van der Waals surface area contributed by atoms with Gasteiger partial charge in [-0.2, -0.15) is 5.10 Å². The average Bonchev–Trinajstić information content (AvgIpc) is 2.79. The number of rotatable bonds is 6. The molecule has 114 valence electrons. The van der Waals surface area contributed by atoms with Gasteiger partial charge in [-0.15, -0.1) is 0 Å². The van der Waals surface area contributed by atoms with E-state index < -0.39 is 0 Å². The van der Waals surface area contributed by atoms with E-state index >= 15 is 0 Å². The molecule has 0 unspecified atom stereocenters. The average molecular weight is 299 g/mol. The van der Waals surface area contributed by atoms with Crippen LogP contribution in [0.15, 0.2) is 0 Å². The van der Waals surface area contributed by atoms with E-state index in [9.17, 15) is 0 Å². The maximum absolute atomic E-state index is 5.38. The summed E-state index contributed by atoms with van der Waals surface area (Å²) in [4.78, 5) is 4.61. The molecule has 1 aliphatic heterocycles. The number of hydrogen-bond acceptors (Lipinski definition) is 5. The van der Waals surface area contributed by atoms with Gasteiger partial charge in [0.25, 0.3) is 0 Å². The minimum absolute atomic E-state index is 0.299. The SMILES string of the molecule is CC[C@@H](c1n[nH]c(=S)n1CCN1CCOCC1)N(C)C. The molecule has 20 heavy (non-hydrogen) atoms. The summed E-state index contributed by atoms with van der Waals surface area (Å²) in [6.45, 7) is 7.73. The van der Waals surface area contributed by atoms with Gasteiger partial charge in [-0.05, 0) is 32.7 Å². The highest BCUT2D eigenvalue weighted by molar-refractivity contribution is 7.71. The lowest BCUT2D eigenvalue weighted by Crippen LogP contribution is -2.38. The van der Waals surface area contributed by atoms with Crippen LogP contribution in [0.2, 0.25) is 0 Å². The predicted molar refractivity (Wildman–Crippen MR) is 81.4 cm³/mol. The first-order valence-corrected chi connectivity index (χ1v) is 7.66. The van der Waals surface area contributed by atoms with Crippen LogP contribution in [-0.2, 0) is 11.3 Å². The van der Waals surface area contributed by atoms with Gasteiger partial charge in [0.05, 0.1) is 19.3 Å². The van der Waals surface area contributed by atoms with Gasteiger partial charge >= 0.3 is 0 Å². The molecule has 2 heterocycles. The molecular formula is C13H25N5OS. The summed E-state index contributed by atoms with van der Waals surface area (Å²) >= 11 is 5.38. The van der Waals surface area contributed by atoms with Crippen LogP contribution in [0, 0.1) is 4.77 Å². The molecule has 6 nitrogen and oxygen atoms in total. The summed E-state index contributed by atoms with van der Waals surface area (Å²) in [6, 6.07) is 0.299. The molecule has 2 rings (SSSR count). The third-order valence-corrected chi connectivity index (χ3v) is 4.15. The highest BCUT2D eigenvalue weighted by Gasteiger charge is 2.19. The van der Waals surface area contributed by atoms with Crippen LogP contribution in [0.5, 0.6) is 0 Å². The maximum Gasteiger partial charge on any atom is 0.195 e. The first-order chi connectivity index (χ1) is 9.63. The number of aromatic amines is 1. The lowest BCUT2D eigenvalue weighted by molar-refractivity contribution is 0.0361. The van der Waals surface area contributed by atoms with Crippen molar-refractivity contribution in [2.45, 2.75) is 25.9 Å². The fraction of sp³-hybridized carbons (Fsp3) is 0.846. The molecule has 1 fully saturated rings. The lowest BCUT2D eigenvalue weighted by Gasteiger charge is -2.27. The fourth-order valence-electron chi connectivity index (χ4n) is 2.65. The second-order valence-corrected chi connectivity index (χ2v) is 5.77. The zero-order valence-corrected chi connectivity index (χ0v) is 13.4. The molecule has 0 saturated carbocycles. The second kappa shape index (κ2) is 7.31. The highest BCUT2D eigenvalue weighted by Crippen LogP contribution is 2.19. The Balaban J connectivity index is 2.06. The minimum atomic E-state index is 0.299. The monoisotopic (exact) mass is 299 g/mol. The summed E-state index contributed by atoms with van der Waals surface area (Å²) in [6.07, 6.45) is 1.02. The molecule has 0 radical (unpaired) electrons. The topological polar surface area (TPSA) is 49.3 Å². The van der Waals surface area contributed by atoms with Gasteiger partial charge in [0.15, 0.2) is 4.77 Å². The zero-order chi connectivity index (χ0) is 14.5. The molecule has 1 aromatic heterocycles. The van der Waals surface area contributed by atoms with Crippen molar-refractivity contribution < 1.29 is 4.74 Å². The second-order valence-electron chi connectivity index (χ2n) is 5.38. The van der Waals surface area contributed by atoms with E-state index in [0.717, 1.165) is 51.6 Å². The van der Waals surface area contributed by atoms with E-state index in [-0.39, 0.29) is 0 Å². The van der Waals surface area contributed by atoms with Crippen molar-refractivity contribution in [1.29, 1.82) is 0 Å². The van der Waals surface area contributed by atoms with Crippen LogP contribution in [0.1, 0.15) is 25.2 Å². The molecular weight excluding hydrogens is 274 g/mol. The van der Waals surface area contributed by atoms with Crippen molar-refractivity contribution in [3.8, 4) is 0 Å². The Bertz CT molecular complexity index is 464. The van der Waals surface area contributed by atoms with Crippen molar-refractivity contribution in [3.63, 3.8) is 0 Å². The van der Waals surface area contributed by atoms with Crippen LogP contribution in [0.3, 0.4) is 0 Å². The van der Waals surface area contributed by atoms with Crippen molar-refractivity contribution >= 4 is 12.2 Å². The number of hydrogen-bond donors (Lipinski definition) is 1. The Labute approximate surface area is 125 Å². The number of nitrogens with one attached hydrogen (secondary N) is 1. The Morgan fingerprint density at radius 1 is 1.35 bits per heavy atom. The molecule has 1 atom stereocenters. The summed E-state index contributed by atoms with van der Waals surface area (Å²) in [5, 5.41) is 7.37.